The summed E-state index contributed by atoms with van der Waals surface area (Å²) >= 11 is 0. The Morgan fingerprint density at radius 1 is 1.16 bits per heavy atom. The van der Waals surface area contributed by atoms with Crippen LogP contribution in [0.4, 0.5) is 0 Å². The molecule has 0 spiro atoms. The van der Waals surface area contributed by atoms with Crippen LogP contribution in [0.25, 0.3) is 0 Å². The van der Waals surface area contributed by atoms with Gasteiger partial charge in [-0.2, -0.15) is 0 Å². The molecule has 1 fully saturated rings. The summed E-state index contributed by atoms with van der Waals surface area (Å²) < 4.78 is 23.0. The highest BCUT2D eigenvalue weighted by atomic mass is 32.2. The van der Waals surface area contributed by atoms with Crippen molar-refractivity contribution in [2.24, 2.45) is 5.92 Å². The standard InChI is InChI=1S/C14H27NO3S/c1-4-6-12(7-5-2)14(16)15-10-8-13(9-11-15)19(3,17)18/h12-13H,4-11H2,1-3H3. The van der Waals surface area contributed by atoms with Gasteiger partial charge in [0.05, 0.1) is 5.25 Å². The van der Waals surface area contributed by atoms with E-state index in [1.54, 1.807) is 0 Å². The smallest absolute Gasteiger partial charge is 0.225 e. The minimum absolute atomic E-state index is 0.129. The predicted molar refractivity (Wildman–Crippen MR) is 77.8 cm³/mol. The zero-order valence-electron chi connectivity index (χ0n) is 12.4. The van der Waals surface area contributed by atoms with Gasteiger partial charge in [0.2, 0.25) is 5.91 Å². The second-order valence-electron chi connectivity index (χ2n) is 5.63. The van der Waals surface area contributed by atoms with E-state index in [1.807, 2.05) is 4.90 Å². The molecule has 1 amide bonds. The molecule has 0 aromatic heterocycles. The fourth-order valence-electron chi connectivity index (χ4n) is 2.85. The Morgan fingerprint density at radius 3 is 2.00 bits per heavy atom. The SMILES string of the molecule is CCCC(CCC)C(=O)N1CCC(S(C)(=O)=O)CC1. The molecule has 0 N–H and O–H groups in total. The normalized spacial score (nSPS) is 18.0. The number of carbonyl (C=O) groups excluding carboxylic acids is 1. The summed E-state index contributed by atoms with van der Waals surface area (Å²) in [5.41, 5.74) is 0. The third-order valence-corrected chi connectivity index (χ3v) is 5.67. The van der Waals surface area contributed by atoms with Crippen LogP contribution < -0.4 is 0 Å². The van der Waals surface area contributed by atoms with E-state index in [9.17, 15) is 13.2 Å². The average Bonchev–Trinajstić information content (AvgIpc) is 2.37. The van der Waals surface area contributed by atoms with Crippen molar-refractivity contribution in [1.29, 1.82) is 0 Å². The van der Waals surface area contributed by atoms with Crippen LogP contribution in [0.1, 0.15) is 52.4 Å². The van der Waals surface area contributed by atoms with E-state index in [0.29, 0.717) is 25.9 Å². The lowest BCUT2D eigenvalue weighted by molar-refractivity contribution is -0.136. The molecule has 19 heavy (non-hydrogen) atoms. The summed E-state index contributed by atoms with van der Waals surface area (Å²) in [6.45, 7) is 5.40. The molecule has 0 saturated carbocycles. The largest absolute Gasteiger partial charge is 0.342 e. The Morgan fingerprint density at radius 2 is 1.63 bits per heavy atom. The third kappa shape index (κ3) is 4.79. The van der Waals surface area contributed by atoms with Crippen LogP contribution in [0, 0.1) is 5.92 Å². The average molecular weight is 289 g/mol. The van der Waals surface area contributed by atoms with Gasteiger partial charge < -0.3 is 4.90 Å². The Hall–Kier alpha value is -0.580. The number of rotatable bonds is 6. The summed E-state index contributed by atoms with van der Waals surface area (Å²) in [6, 6.07) is 0. The number of carbonyl (C=O) groups is 1. The molecule has 0 unspecified atom stereocenters. The Bertz CT molecular complexity index is 377. The van der Waals surface area contributed by atoms with Gasteiger partial charge >= 0.3 is 0 Å². The third-order valence-electron chi connectivity index (χ3n) is 3.98. The summed E-state index contributed by atoms with van der Waals surface area (Å²) in [5.74, 6) is 0.362. The minimum Gasteiger partial charge on any atom is -0.342 e. The van der Waals surface area contributed by atoms with Gasteiger partial charge in [-0.3, -0.25) is 4.79 Å². The van der Waals surface area contributed by atoms with E-state index < -0.39 is 9.84 Å². The first-order chi connectivity index (χ1) is 8.90. The number of nitrogens with zero attached hydrogens (tertiary/aromatic N) is 1. The van der Waals surface area contributed by atoms with E-state index in [2.05, 4.69) is 13.8 Å². The van der Waals surface area contributed by atoms with E-state index in [1.165, 1.54) is 6.26 Å². The maximum atomic E-state index is 12.4. The highest BCUT2D eigenvalue weighted by Crippen LogP contribution is 2.22. The van der Waals surface area contributed by atoms with E-state index in [-0.39, 0.29) is 17.1 Å². The van der Waals surface area contributed by atoms with Crippen molar-refractivity contribution in [3.05, 3.63) is 0 Å². The maximum Gasteiger partial charge on any atom is 0.225 e. The lowest BCUT2D eigenvalue weighted by Crippen LogP contribution is -2.44. The first-order valence-electron chi connectivity index (χ1n) is 7.37. The number of sulfone groups is 1. The molecular formula is C14H27NO3S. The fraction of sp³-hybridized carbons (Fsp3) is 0.929. The van der Waals surface area contributed by atoms with Crippen molar-refractivity contribution in [2.75, 3.05) is 19.3 Å². The molecule has 5 heteroatoms. The van der Waals surface area contributed by atoms with Gasteiger partial charge in [-0.15, -0.1) is 0 Å². The molecule has 0 bridgehead atoms. The molecule has 0 aromatic rings. The van der Waals surface area contributed by atoms with Gasteiger partial charge in [-0.1, -0.05) is 26.7 Å². The van der Waals surface area contributed by atoms with Crippen molar-refractivity contribution in [3.8, 4) is 0 Å². The topological polar surface area (TPSA) is 54.5 Å². The molecule has 0 radical (unpaired) electrons. The van der Waals surface area contributed by atoms with E-state index in [4.69, 9.17) is 0 Å². The van der Waals surface area contributed by atoms with E-state index >= 15 is 0 Å². The maximum absolute atomic E-state index is 12.4. The van der Waals surface area contributed by atoms with Gasteiger partial charge in [-0.05, 0) is 25.7 Å². The number of amides is 1. The van der Waals surface area contributed by atoms with Crippen LogP contribution in [-0.4, -0.2) is 43.8 Å². The minimum atomic E-state index is -2.95. The lowest BCUT2D eigenvalue weighted by atomic mass is 9.95. The zero-order valence-corrected chi connectivity index (χ0v) is 13.2. The molecule has 0 atom stereocenters. The van der Waals surface area contributed by atoms with Crippen LogP contribution in [-0.2, 0) is 14.6 Å². The van der Waals surface area contributed by atoms with E-state index in [0.717, 1.165) is 25.7 Å². The summed E-state index contributed by atoms with van der Waals surface area (Å²) in [6.07, 6.45) is 6.42. The first kappa shape index (κ1) is 16.5. The van der Waals surface area contributed by atoms with Gasteiger partial charge in [-0.25, -0.2) is 8.42 Å². The Balaban J connectivity index is 2.56. The lowest BCUT2D eigenvalue weighted by Gasteiger charge is -2.33. The van der Waals surface area contributed by atoms with Crippen LogP contribution in [0.2, 0.25) is 0 Å². The number of likely N-dealkylation sites (tertiary alicyclic amines) is 1. The molecular weight excluding hydrogens is 262 g/mol. The van der Waals surface area contributed by atoms with Crippen molar-refractivity contribution >= 4 is 15.7 Å². The second kappa shape index (κ2) is 7.27. The van der Waals surface area contributed by atoms with Crippen molar-refractivity contribution in [3.63, 3.8) is 0 Å². The molecule has 1 aliphatic rings. The van der Waals surface area contributed by atoms with Crippen LogP contribution in [0.15, 0.2) is 0 Å². The molecule has 1 aliphatic heterocycles. The quantitative estimate of drug-likeness (QED) is 0.753. The van der Waals surface area contributed by atoms with Crippen molar-refractivity contribution in [1.82, 2.24) is 4.90 Å². The molecule has 1 saturated heterocycles. The molecule has 0 aliphatic carbocycles. The summed E-state index contributed by atoms with van der Waals surface area (Å²) in [7, 11) is -2.95. The Kier molecular flexibility index (Phi) is 6.30. The van der Waals surface area contributed by atoms with Crippen LogP contribution in [0.3, 0.4) is 0 Å². The molecule has 0 aromatic carbocycles. The Labute approximate surface area is 117 Å². The van der Waals surface area contributed by atoms with Crippen LogP contribution >= 0.6 is 0 Å². The number of hydrogen-bond donors (Lipinski definition) is 0. The summed E-state index contributed by atoms with van der Waals surface area (Å²) in [4.78, 5) is 14.3. The van der Waals surface area contributed by atoms with Gasteiger partial charge in [0, 0.05) is 25.3 Å². The highest BCUT2D eigenvalue weighted by molar-refractivity contribution is 7.91. The highest BCUT2D eigenvalue weighted by Gasteiger charge is 2.31. The number of hydrogen-bond acceptors (Lipinski definition) is 3. The second-order valence-corrected chi connectivity index (χ2v) is 7.95. The van der Waals surface area contributed by atoms with Gasteiger partial charge in [0.15, 0.2) is 0 Å². The molecule has 1 rings (SSSR count). The number of piperidine rings is 1. The van der Waals surface area contributed by atoms with Crippen molar-refractivity contribution in [2.45, 2.75) is 57.6 Å². The van der Waals surface area contributed by atoms with Crippen LogP contribution in [0.5, 0.6) is 0 Å². The first-order valence-corrected chi connectivity index (χ1v) is 9.33. The molecule has 1 heterocycles. The van der Waals surface area contributed by atoms with Crippen molar-refractivity contribution < 1.29 is 13.2 Å². The zero-order chi connectivity index (χ0) is 14.5. The van der Waals surface area contributed by atoms with Gasteiger partial charge in [0.25, 0.3) is 0 Å². The fourth-order valence-corrected chi connectivity index (χ4v) is 3.92. The molecule has 112 valence electrons. The monoisotopic (exact) mass is 289 g/mol. The summed E-state index contributed by atoms with van der Waals surface area (Å²) in [5, 5.41) is -0.257. The van der Waals surface area contributed by atoms with Gasteiger partial charge in [0.1, 0.15) is 9.84 Å². The molecule has 4 nitrogen and oxygen atoms in total. The predicted octanol–water partition coefficient (Wildman–Crippen LogP) is 2.24.